The number of aromatic nitrogens is 3. The number of ether oxygens (including phenoxy) is 1. The highest BCUT2D eigenvalue weighted by atomic mass is 32.2. The lowest BCUT2D eigenvalue weighted by atomic mass is 10.2. The van der Waals surface area contributed by atoms with Crippen LogP contribution in [0.25, 0.3) is 11.4 Å². The molecule has 0 aliphatic heterocycles. The number of carbonyl (C=O) groups excluding carboxylic acids is 1. The van der Waals surface area contributed by atoms with Crippen LogP contribution in [0.15, 0.2) is 52.8 Å². The summed E-state index contributed by atoms with van der Waals surface area (Å²) < 4.78 is 12.6. The third kappa shape index (κ3) is 4.28. The smallest absolute Gasteiger partial charge is 0.234 e. The highest BCUT2D eigenvalue weighted by Crippen LogP contribution is 2.28. The minimum absolute atomic E-state index is 0.150. The maximum absolute atomic E-state index is 12.4. The minimum Gasteiger partial charge on any atom is -0.495 e. The monoisotopic (exact) mass is 398 g/mol. The quantitative estimate of drug-likeness (QED) is 0.455. The second kappa shape index (κ2) is 8.79. The topological polar surface area (TPSA) is 82.2 Å². The average molecular weight is 398 g/mol. The molecule has 0 aliphatic carbocycles. The van der Waals surface area contributed by atoms with Gasteiger partial charge in [0, 0.05) is 6.54 Å². The average Bonchev–Trinajstić information content (AvgIpc) is 3.26. The molecule has 7 nitrogen and oxygen atoms in total. The normalized spacial score (nSPS) is 10.7. The molecule has 0 unspecified atom stereocenters. The molecule has 8 heteroatoms. The number of aryl methyl sites for hydroxylation is 2. The van der Waals surface area contributed by atoms with E-state index in [0.717, 1.165) is 16.9 Å². The summed E-state index contributed by atoms with van der Waals surface area (Å²) in [6.07, 6.45) is 3.39. The number of hydrogen-bond donors (Lipinski definition) is 1. The largest absolute Gasteiger partial charge is 0.495 e. The molecular formula is C20H22N4O3S. The van der Waals surface area contributed by atoms with Gasteiger partial charge in [0.25, 0.3) is 0 Å². The Morgan fingerprint density at radius 2 is 2.18 bits per heavy atom. The van der Waals surface area contributed by atoms with Crippen molar-refractivity contribution in [1.82, 2.24) is 14.8 Å². The summed E-state index contributed by atoms with van der Waals surface area (Å²) >= 11 is 1.31. The van der Waals surface area contributed by atoms with E-state index in [9.17, 15) is 4.79 Å². The highest BCUT2D eigenvalue weighted by molar-refractivity contribution is 7.99. The summed E-state index contributed by atoms with van der Waals surface area (Å²) in [6.45, 7) is 8.16. The summed E-state index contributed by atoms with van der Waals surface area (Å²) in [5, 5.41) is 12.0. The SMILES string of the molecule is C=CCn1c(SCC(=O)Nc2cc(C)ccc2OC)nnc1-c1ccoc1C. The predicted molar refractivity (Wildman–Crippen MR) is 110 cm³/mol. The fraction of sp³-hybridized carbons (Fsp3) is 0.250. The van der Waals surface area contributed by atoms with Gasteiger partial charge < -0.3 is 14.5 Å². The Labute approximate surface area is 167 Å². The third-order valence-corrected chi connectivity index (χ3v) is 5.06. The van der Waals surface area contributed by atoms with Crippen LogP contribution in [-0.4, -0.2) is 33.5 Å². The number of furan rings is 1. The molecular weight excluding hydrogens is 376 g/mol. The number of amides is 1. The molecule has 2 heterocycles. The van der Waals surface area contributed by atoms with Gasteiger partial charge in [-0.1, -0.05) is 23.9 Å². The second-order valence-electron chi connectivity index (χ2n) is 6.14. The van der Waals surface area contributed by atoms with Gasteiger partial charge in [0.15, 0.2) is 11.0 Å². The predicted octanol–water partition coefficient (Wildman–Crippen LogP) is 4.08. The third-order valence-electron chi connectivity index (χ3n) is 4.09. The van der Waals surface area contributed by atoms with Crippen LogP contribution in [-0.2, 0) is 11.3 Å². The van der Waals surface area contributed by atoms with Crippen LogP contribution in [0.5, 0.6) is 5.75 Å². The summed E-state index contributed by atoms with van der Waals surface area (Å²) in [5.41, 5.74) is 2.56. The van der Waals surface area contributed by atoms with Crippen LogP contribution in [0.2, 0.25) is 0 Å². The lowest BCUT2D eigenvalue weighted by molar-refractivity contribution is -0.113. The van der Waals surface area contributed by atoms with E-state index in [2.05, 4.69) is 22.1 Å². The van der Waals surface area contributed by atoms with Crippen LogP contribution >= 0.6 is 11.8 Å². The van der Waals surface area contributed by atoms with E-state index in [1.807, 2.05) is 42.7 Å². The van der Waals surface area contributed by atoms with Crippen molar-refractivity contribution < 1.29 is 13.9 Å². The molecule has 1 N–H and O–H groups in total. The number of nitrogens with zero attached hydrogens (tertiary/aromatic N) is 3. The van der Waals surface area contributed by atoms with Crippen molar-refractivity contribution in [3.8, 4) is 17.1 Å². The van der Waals surface area contributed by atoms with Gasteiger partial charge in [0.05, 0.1) is 30.4 Å². The van der Waals surface area contributed by atoms with E-state index in [1.165, 1.54) is 11.8 Å². The zero-order valence-electron chi connectivity index (χ0n) is 16.1. The van der Waals surface area contributed by atoms with Gasteiger partial charge >= 0.3 is 0 Å². The van der Waals surface area contributed by atoms with Crippen molar-refractivity contribution in [3.63, 3.8) is 0 Å². The van der Waals surface area contributed by atoms with E-state index in [4.69, 9.17) is 9.15 Å². The first-order chi connectivity index (χ1) is 13.5. The van der Waals surface area contributed by atoms with Gasteiger partial charge in [-0.2, -0.15) is 0 Å². The van der Waals surface area contributed by atoms with Crippen molar-refractivity contribution >= 4 is 23.4 Å². The Kier molecular flexibility index (Phi) is 6.20. The summed E-state index contributed by atoms with van der Waals surface area (Å²) in [5.74, 6) is 2.11. The van der Waals surface area contributed by atoms with E-state index < -0.39 is 0 Å². The van der Waals surface area contributed by atoms with Crippen molar-refractivity contribution in [1.29, 1.82) is 0 Å². The number of thioether (sulfide) groups is 1. The number of hydrogen-bond acceptors (Lipinski definition) is 6. The van der Waals surface area contributed by atoms with Gasteiger partial charge in [-0.25, -0.2) is 0 Å². The number of benzene rings is 1. The summed E-state index contributed by atoms with van der Waals surface area (Å²) in [7, 11) is 1.58. The summed E-state index contributed by atoms with van der Waals surface area (Å²) in [6, 6.07) is 7.49. The molecule has 0 bridgehead atoms. The first kappa shape index (κ1) is 19.8. The zero-order valence-corrected chi connectivity index (χ0v) is 16.9. The second-order valence-corrected chi connectivity index (χ2v) is 7.08. The van der Waals surface area contributed by atoms with Gasteiger partial charge in [0.1, 0.15) is 11.5 Å². The molecule has 0 saturated carbocycles. The molecule has 0 radical (unpaired) electrons. The standard InChI is InChI=1S/C20H22N4O3S/c1-5-9-24-19(15-8-10-27-14(15)3)22-23-20(24)28-12-18(25)21-16-11-13(2)6-7-17(16)26-4/h5-8,10-11H,1,9,12H2,2-4H3,(H,21,25). The molecule has 1 amide bonds. The van der Waals surface area contributed by atoms with E-state index in [0.29, 0.717) is 29.0 Å². The number of anilines is 1. The maximum atomic E-state index is 12.4. The minimum atomic E-state index is -0.150. The van der Waals surface area contributed by atoms with Crippen LogP contribution < -0.4 is 10.1 Å². The Hall–Kier alpha value is -3.00. The molecule has 0 saturated heterocycles. The van der Waals surface area contributed by atoms with Gasteiger partial charge in [-0.05, 0) is 37.6 Å². The molecule has 0 aliphatic rings. The molecule has 146 valence electrons. The molecule has 2 aromatic heterocycles. The molecule has 0 spiro atoms. The van der Waals surface area contributed by atoms with Crippen molar-refractivity contribution in [2.45, 2.75) is 25.5 Å². The maximum Gasteiger partial charge on any atom is 0.234 e. The number of allylic oxidation sites excluding steroid dienone is 1. The van der Waals surface area contributed by atoms with Gasteiger partial charge in [0.2, 0.25) is 5.91 Å². The number of nitrogens with one attached hydrogen (secondary N) is 1. The Morgan fingerprint density at radius 1 is 1.36 bits per heavy atom. The van der Waals surface area contributed by atoms with Crippen molar-refractivity contribution in [2.75, 3.05) is 18.2 Å². The van der Waals surface area contributed by atoms with E-state index >= 15 is 0 Å². The lowest BCUT2D eigenvalue weighted by Gasteiger charge is -2.11. The van der Waals surface area contributed by atoms with Crippen LogP contribution in [0.3, 0.4) is 0 Å². The molecule has 28 heavy (non-hydrogen) atoms. The first-order valence-corrected chi connectivity index (χ1v) is 9.68. The molecule has 3 rings (SSSR count). The number of methoxy groups -OCH3 is 1. The molecule has 0 atom stereocenters. The molecule has 3 aromatic rings. The van der Waals surface area contributed by atoms with Gasteiger partial charge in [-0.3, -0.25) is 9.36 Å². The van der Waals surface area contributed by atoms with Crippen molar-refractivity contribution in [2.24, 2.45) is 0 Å². The van der Waals surface area contributed by atoms with Crippen LogP contribution in [0, 0.1) is 13.8 Å². The number of carbonyl (C=O) groups is 1. The van der Waals surface area contributed by atoms with Crippen molar-refractivity contribution in [3.05, 3.63) is 54.5 Å². The first-order valence-electron chi connectivity index (χ1n) is 8.69. The molecule has 0 fully saturated rings. The fourth-order valence-electron chi connectivity index (χ4n) is 2.74. The Bertz CT molecular complexity index is 993. The van der Waals surface area contributed by atoms with Gasteiger partial charge in [-0.15, -0.1) is 16.8 Å². The highest BCUT2D eigenvalue weighted by Gasteiger charge is 2.18. The Morgan fingerprint density at radius 3 is 2.86 bits per heavy atom. The zero-order chi connectivity index (χ0) is 20.1. The summed E-state index contributed by atoms with van der Waals surface area (Å²) in [4.78, 5) is 12.4. The van der Waals surface area contributed by atoms with Crippen LogP contribution in [0.1, 0.15) is 11.3 Å². The Balaban J connectivity index is 1.73. The van der Waals surface area contributed by atoms with E-state index in [1.54, 1.807) is 19.4 Å². The van der Waals surface area contributed by atoms with E-state index in [-0.39, 0.29) is 11.7 Å². The fourth-order valence-corrected chi connectivity index (χ4v) is 3.49. The molecule has 1 aromatic carbocycles. The number of rotatable bonds is 8. The lowest BCUT2D eigenvalue weighted by Crippen LogP contribution is -2.15. The van der Waals surface area contributed by atoms with Crippen LogP contribution in [0.4, 0.5) is 5.69 Å².